The maximum atomic E-state index is 11.5. The molecule has 0 saturated carbocycles. The zero-order valence-corrected chi connectivity index (χ0v) is 13.3. The van der Waals surface area contributed by atoms with E-state index < -0.39 is 9.84 Å². The molecule has 0 unspecified atom stereocenters. The standard InChI is InChI=1S/C14H18ClNO4S/c15-12-6-10(7-13-14(12)20-4-1-3-19-13)8-16-11-2-5-21(17,18)9-11/h6-7,11,16H,1-5,8-9H2/p+1/t11-/m0/s1. The van der Waals surface area contributed by atoms with Gasteiger partial charge in [-0.1, -0.05) is 11.6 Å². The Morgan fingerprint density at radius 1 is 1.29 bits per heavy atom. The van der Waals surface area contributed by atoms with Crippen molar-refractivity contribution in [2.75, 3.05) is 24.7 Å². The second-order valence-electron chi connectivity index (χ2n) is 5.56. The van der Waals surface area contributed by atoms with E-state index >= 15 is 0 Å². The highest BCUT2D eigenvalue weighted by Gasteiger charge is 2.30. The summed E-state index contributed by atoms with van der Waals surface area (Å²) in [7, 11) is -2.83. The molecule has 5 nitrogen and oxygen atoms in total. The molecule has 7 heteroatoms. The maximum absolute atomic E-state index is 11.5. The van der Waals surface area contributed by atoms with Crippen molar-refractivity contribution < 1.29 is 23.2 Å². The molecule has 1 saturated heterocycles. The number of benzene rings is 1. The summed E-state index contributed by atoms with van der Waals surface area (Å²) in [6, 6.07) is 3.95. The molecule has 1 aromatic rings. The summed E-state index contributed by atoms with van der Waals surface area (Å²) < 4.78 is 34.2. The van der Waals surface area contributed by atoms with E-state index in [-0.39, 0.29) is 11.8 Å². The number of nitrogens with two attached hydrogens (primary N) is 1. The van der Waals surface area contributed by atoms with Crippen molar-refractivity contribution >= 4 is 21.4 Å². The first-order valence-corrected chi connectivity index (χ1v) is 9.35. The van der Waals surface area contributed by atoms with Crippen LogP contribution < -0.4 is 14.8 Å². The molecule has 21 heavy (non-hydrogen) atoms. The van der Waals surface area contributed by atoms with Crippen LogP contribution in [0.5, 0.6) is 11.5 Å². The van der Waals surface area contributed by atoms with Gasteiger partial charge in [-0.25, -0.2) is 8.42 Å². The van der Waals surface area contributed by atoms with E-state index in [2.05, 4.69) is 5.32 Å². The Balaban J connectivity index is 1.69. The summed E-state index contributed by atoms with van der Waals surface area (Å²) in [5, 5.41) is 2.62. The number of hydrogen-bond donors (Lipinski definition) is 1. The lowest BCUT2D eigenvalue weighted by Gasteiger charge is -2.12. The van der Waals surface area contributed by atoms with Gasteiger partial charge >= 0.3 is 0 Å². The topological polar surface area (TPSA) is 69.2 Å². The van der Waals surface area contributed by atoms with Crippen LogP contribution in [0.25, 0.3) is 0 Å². The maximum Gasteiger partial charge on any atom is 0.179 e. The minimum atomic E-state index is -2.83. The number of hydrogen-bond acceptors (Lipinski definition) is 4. The summed E-state index contributed by atoms with van der Waals surface area (Å²) in [5.41, 5.74) is 1.02. The van der Waals surface area contributed by atoms with Crippen molar-refractivity contribution in [3.8, 4) is 11.5 Å². The molecular weight excluding hydrogens is 314 g/mol. The van der Waals surface area contributed by atoms with Crippen molar-refractivity contribution in [2.45, 2.75) is 25.4 Å². The minimum Gasteiger partial charge on any atom is -0.489 e. The van der Waals surface area contributed by atoms with Gasteiger partial charge in [0.25, 0.3) is 0 Å². The van der Waals surface area contributed by atoms with Gasteiger partial charge in [0, 0.05) is 18.4 Å². The van der Waals surface area contributed by atoms with Crippen molar-refractivity contribution in [1.82, 2.24) is 0 Å². The second-order valence-corrected chi connectivity index (χ2v) is 8.19. The first-order valence-electron chi connectivity index (χ1n) is 7.15. The number of sulfone groups is 1. The van der Waals surface area contributed by atoms with Gasteiger partial charge in [-0.05, 0) is 12.1 Å². The lowest BCUT2D eigenvalue weighted by atomic mass is 10.1. The fraction of sp³-hybridized carbons (Fsp3) is 0.571. The van der Waals surface area contributed by atoms with Gasteiger partial charge in [0.1, 0.15) is 18.3 Å². The van der Waals surface area contributed by atoms with Crippen LogP contribution in [0.2, 0.25) is 5.02 Å². The molecule has 3 rings (SSSR count). The summed E-state index contributed by atoms with van der Waals surface area (Å²) in [6.07, 6.45) is 1.56. The van der Waals surface area contributed by atoms with E-state index in [9.17, 15) is 8.42 Å². The molecule has 2 aliphatic rings. The average molecular weight is 333 g/mol. The smallest absolute Gasteiger partial charge is 0.179 e. The van der Waals surface area contributed by atoms with Gasteiger partial charge < -0.3 is 14.8 Å². The van der Waals surface area contributed by atoms with Crippen molar-refractivity contribution in [1.29, 1.82) is 0 Å². The highest BCUT2D eigenvalue weighted by Crippen LogP contribution is 2.37. The van der Waals surface area contributed by atoms with Gasteiger partial charge in [0.2, 0.25) is 0 Å². The number of quaternary nitrogens is 1. The Kier molecular flexibility index (Phi) is 4.28. The normalized spacial score (nSPS) is 23.8. The van der Waals surface area contributed by atoms with Gasteiger partial charge in [0.05, 0.1) is 24.0 Å². The molecular formula is C14H19ClNO4S+. The highest BCUT2D eigenvalue weighted by atomic mass is 35.5. The molecule has 116 valence electrons. The molecule has 2 N–H and O–H groups in total. The van der Waals surface area contributed by atoms with Crippen LogP contribution in [0.4, 0.5) is 0 Å². The first kappa shape index (κ1) is 14.9. The average Bonchev–Trinajstić information content (AvgIpc) is 2.63. The summed E-state index contributed by atoms with van der Waals surface area (Å²) in [4.78, 5) is 0. The van der Waals surface area contributed by atoms with E-state index in [1.807, 2.05) is 12.1 Å². The van der Waals surface area contributed by atoms with E-state index in [1.165, 1.54) is 0 Å². The molecule has 0 aromatic heterocycles. The Morgan fingerprint density at radius 3 is 2.86 bits per heavy atom. The second kappa shape index (κ2) is 6.02. The molecule has 2 aliphatic heterocycles. The third-order valence-corrected chi connectivity index (χ3v) is 5.89. The zero-order valence-electron chi connectivity index (χ0n) is 11.7. The largest absolute Gasteiger partial charge is 0.489 e. The Bertz CT molecular complexity index is 632. The molecule has 1 fully saturated rings. The number of rotatable bonds is 3. The SMILES string of the molecule is O=S1(=O)CC[C@H]([NH2+]Cc2cc(Cl)c3c(c2)OCCCO3)C1. The van der Waals surface area contributed by atoms with Crippen molar-refractivity contribution in [2.24, 2.45) is 0 Å². The summed E-state index contributed by atoms with van der Waals surface area (Å²) in [6.45, 7) is 1.92. The quantitative estimate of drug-likeness (QED) is 0.887. The van der Waals surface area contributed by atoms with Gasteiger partial charge in [-0.15, -0.1) is 0 Å². The fourth-order valence-electron chi connectivity index (χ4n) is 2.71. The summed E-state index contributed by atoms with van der Waals surface area (Å²) in [5.74, 6) is 1.87. The lowest BCUT2D eigenvalue weighted by Crippen LogP contribution is -2.89. The third-order valence-electron chi connectivity index (χ3n) is 3.82. The number of halogens is 1. The molecule has 0 bridgehead atoms. The van der Waals surface area contributed by atoms with Crippen molar-refractivity contribution in [3.05, 3.63) is 22.7 Å². The molecule has 0 spiro atoms. The monoisotopic (exact) mass is 332 g/mol. The van der Waals surface area contributed by atoms with Gasteiger partial charge in [0.15, 0.2) is 21.3 Å². The molecule has 1 aromatic carbocycles. The lowest BCUT2D eigenvalue weighted by molar-refractivity contribution is -0.699. The van der Waals surface area contributed by atoms with Crippen LogP contribution in [0.15, 0.2) is 12.1 Å². The fourth-order valence-corrected chi connectivity index (χ4v) is 4.79. The molecule has 2 heterocycles. The Morgan fingerprint density at radius 2 is 2.10 bits per heavy atom. The number of fused-ring (bicyclic) bond motifs is 1. The predicted octanol–water partition coefficient (Wildman–Crippen LogP) is 0.752. The van der Waals surface area contributed by atoms with Gasteiger partial charge in [-0.3, -0.25) is 0 Å². The van der Waals surface area contributed by atoms with Crippen LogP contribution in [0.1, 0.15) is 18.4 Å². The van der Waals surface area contributed by atoms with Crippen LogP contribution in [0, 0.1) is 0 Å². The van der Waals surface area contributed by atoms with Crippen molar-refractivity contribution in [3.63, 3.8) is 0 Å². The minimum absolute atomic E-state index is 0.143. The first-order chi connectivity index (χ1) is 10.0. The molecule has 1 atom stereocenters. The Hall–Kier alpha value is -0.980. The van der Waals surface area contributed by atoms with E-state index in [0.717, 1.165) is 18.4 Å². The predicted molar refractivity (Wildman–Crippen MR) is 79.7 cm³/mol. The van der Waals surface area contributed by atoms with E-state index in [1.54, 1.807) is 0 Å². The molecule has 0 amide bonds. The van der Waals surface area contributed by atoms with Gasteiger partial charge in [-0.2, -0.15) is 0 Å². The molecule has 0 radical (unpaired) electrons. The number of ether oxygens (including phenoxy) is 2. The highest BCUT2D eigenvalue weighted by molar-refractivity contribution is 7.91. The van der Waals surface area contributed by atoms with Crippen LogP contribution in [-0.4, -0.2) is 39.2 Å². The summed E-state index contributed by atoms with van der Waals surface area (Å²) >= 11 is 6.25. The van der Waals surface area contributed by atoms with Crippen LogP contribution in [0.3, 0.4) is 0 Å². The van der Waals surface area contributed by atoms with E-state index in [4.69, 9.17) is 21.1 Å². The van der Waals surface area contributed by atoms with Crippen LogP contribution >= 0.6 is 11.6 Å². The Labute approximate surface area is 129 Å². The third kappa shape index (κ3) is 3.62. The zero-order chi connectivity index (χ0) is 14.9. The van der Waals surface area contributed by atoms with Crippen LogP contribution in [-0.2, 0) is 16.4 Å². The van der Waals surface area contributed by atoms with E-state index in [0.29, 0.717) is 42.0 Å². The molecule has 0 aliphatic carbocycles.